The second-order valence-electron chi connectivity index (χ2n) is 4.87. The molecule has 2 aromatic rings. The molecule has 0 aliphatic rings. The highest BCUT2D eigenvalue weighted by molar-refractivity contribution is 5.86. The van der Waals surface area contributed by atoms with E-state index in [4.69, 9.17) is 10.5 Å². The van der Waals surface area contributed by atoms with Crippen LogP contribution in [-0.2, 0) is 9.53 Å². The van der Waals surface area contributed by atoms with Crippen molar-refractivity contribution in [3.05, 3.63) is 48.0 Å². The molecule has 2 N–H and O–H groups in total. The maximum atomic E-state index is 11.3. The smallest absolute Gasteiger partial charge is 0.305 e. The number of hydrogen-bond donors (Lipinski definition) is 1. The summed E-state index contributed by atoms with van der Waals surface area (Å²) in [6, 6.07) is 14.4. The Balaban J connectivity index is 2.01. The van der Waals surface area contributed by atoms with Crippen LogP contribution in [0.3, 0.4) is 0 Å². The first-order chi connectivity index (χ1) is 9.72. The summed E-state index contributed by atoms with van der Waals surface area (Å²) in [5.41, 5.74) is 7.41. The van der Waals surface area contributed by atoms with Gasteiger partial charge in [0.2, 0.25) is 0 Å². The molecule has 3 nitrogen and oxygen atoms in total. The minimum atomic E-state index is -0.141. The molecule has 0 radical (unpaired) electrons. The standard InChI is InChI=1S/C17H21NO2/c1-2-20-17(19)12-6-11-16(18)15-10-5-8-13-7-3-4-9-14(13)15/h3-5,7-10,16H,2,6,11-12,18H2,1H3. The summed E-state index contributed by atoms with van der Waals surface area (Å²) >= 11 is 0. The fraction of sp³-hybridized carbons (Fsp3) is 0.353. The van der Waals surface area contributed by atoms with E-state index in [-0.39, 0.29) is 12.0 Å². The summed E-state index contributed by atoms with van der Waals surface area (Å²) in [5.74, 6) is -0.141. The molecular formula is C17H21NO2. The van der Waals surface area contributed by atoms with Crippen molar-refractivity contribution < 1.29 is 9.53 Å². The highest BCUT2D eigenvalue weighted by Gasteiger charge is 2.10. The zero-order chi connectivity index (χ0) is 14.4. The van der Waals surface area contributed by atoms with Crippen LogP contribution in [0.25, 0.3) is 10.8 Å². The average molecular weight is 271 g/mol. The lowest BCUT2D eigenvalue weighted by atomic mass is 9.96. The van der Waals surface area contributed by atoms with E-state index in [0.29, 0.717) is 13.0 Å². The van der Waals surface area contributed by atoms with Crippen LogP contribution < -0.4 is 5.73 Å². The van der Waals surface area contributed by atoms with Crippen LogP contribution in [0, 0.1) is 0 Å². The highest BCUT2D eigenvalue weighted by atomic mass is 16.5. The molecule has 1 unspecified atom stereocenters. The summed E-state index contributed by atoms with van der Waals surface area (Å²) in [7, 11) is 0. The number of rotatable bonds is 6. The Morgan fingerprint density at radius 2 is 1.95 bits per heavy atom. The summed E-state index contributed by atoms with van der Waals surface area (Å²) in [4.78, 5) is 11.3. The summed E-state index contributed by atoms with van der Waals surface area (Å²) in [6.45, 7) is 2.26. The zero-order valence-corrected chi connectivity index (χ0v) is 11.8. The molecule has 2 aromatic carbocycles. The molecule has 0 bridgehead atoms. The van der Waals surface area contributed by atoms with Crippen LogP contribution >= 0.6 is 0 Å². The highest BCUT2D eigenvalue weighted by Crippen LogP contribution is 2.25. The predicted molar refractivity (Wildman–Crippen MR) is 81.4 cm³/mol. The Labute approximate surface area is 119 Å². The first kappa shape index (κ1) is 14.5. The van der Waals surface area contributed by atoms with Gasteiger partial charge in [0, 0.05) is 12.5 Å². The first-order valence-corrected chi connectivity index (χ1v) is 7.11. The van der Waals surface area contributed by atoms with Crippen molar-refractivity contribution in [3.8, 4) is 0 Å². The molecule has 0 fully saturated rings. The number of esters is 1. The molecule has 106 valence electrons. The van der Waals surface area contributed by atoms with Crippen molar-refractivity contribution in [2.45, 2.75) is 32.2 Å². The molecule has 0 saturated carbocycles. The molecule has 3 heteroatoms. The van der Waals surface area contributed by atoms with E-state index in [1.165, 1.54) is 10.8 Å². The van der Waals surface area contributed by atoms with Gasteiger partial charge in [0.25, 0.3) is 0 Å². The number of nitrogens with two attached hydrogens (primary N) is 1. The lowest BCUT2D eigenvalue weighted by Crippen LogP contribution is -2.12. The molecule has 0 aliphatic carbocycles. The van der Waals surface area contributed by atoms with E-state index in [1.54, 1.807) is 0 Å². The van der Waals surface area contributed by atoms with E-state index in [9.17, 15) is 4.79 Å². The number of carbonyl (C=O) groups excluding carboxylic acids is 1. The Morgan fingerprint density at radius 3 is 2.75 bits per heavy atom. The quantitative estimate of drug-likeness (QED) is 0.817. The van der Waals surface area contributed by atoms with Gasteiger partial charge in [-0.2, -0.15) is 0 Å². The van der Waals surface area contributed by atoms with Gasteiger partial charge in [-0.1, -0.05) is 42.5 Å². The van der Waals surface area contributed by atoms with E-state index in [2.05, 4.69) is 24.3 Å². The number of ether oxygens (including phenoxy) is 1. The second-order valence-corrected chi connectivity index (χ2v) is 4.87. The maximum Gasteiger partial charge on any atom is 0.305 e. The van der Waals surface area contributed by atoms with Gasteiger partial charge in [0.05, 0.1) is 6.61 Å². The number of fused-ring (bicyclic) bond motifs is 1. The summed E-state index contributed by atoms with van der Waals surface area (Å²) < 4.78 is 4.92. The molecule has 2 rings (SSSR count). The largest absolute Gasteiger partial charge is 0.466 e. The third-order valence-electron chi connectivity index (χ3n) is 3.42. The number of carbonyl (C=O) groups is 1. The normalized spacial score (nSPS) is 12.3. The molecule has 0 aromatic heterocycles. The Morgan fingerprint density at radius 1 is 1.20 bits per heavy atom. The van der Waals surface area contributed by atoms with Gasteiger partial charge in [-0.15, -0.1) is 0 Å². The van der Waals surface area contributed by atoms with Crippen LogP contribution in [0.4, 0.5) is 0 Å². The second kappa shape index (κ2) is 7.06. The third kappa shape index (κ3) is 3.58. The van der Waals surface area contributed by atoms with E-state index in [0.717, 1.165) is 18.4 Å². The molecule has 0 saturated heterocycles. The van der Waals surface area contributed by atoms with Gasteiger partial charge in [-0.3, -0.25) is 4.79 Å². The van der Waals surface area contributed by atoms with E-state index >= 15 is 0 Å². The Hall–Kier alpha value is -1.87. The first-order valence-electron chi connectivity index (χ1n) is 7.11. The Kier molecular flexibility index (Phi) is 5.13. The van der Waals surface area contributed by atoms with Crippen molar-refractivity contribution in [2.75, 3.05) is 6.61 Å². The lowest BCUT2D eigenvalue weighted by Gasteiger charge is -2.14. The van der Waals surface area contributed by atoms with Crippen molar-refractivity contribution in [1.29, 1.82) is 0 Å². The molecule has 0 heterocycles. The van der Waals surface area contributed by atoms with Crippen molar-refractivity contribution in [2.24, 2.45) is 5.73 Å². The van der Waals surface area contributed by atoms with Crippen molar-refractivity contribution in [1.82, 2.24) is 0 Å². The minimum absolute atomic E-state index is 0.0458. The van der Waals surface area contributed by atoms with Gasteiger partial charge in [0.15, 0.2) is 0 Å². The molecule has 0 amide bonds. The molecule has 1 atom stereocenters. The number of hydrogen-bond acceptors (Lipinski definition) is 3. The zero-order valence-electron chi connectivity index (χ0n) is 11.8. The Bertz CT molecular complexity index is 575. The monoisotopic (exact) mass is 271 g/mol. The van der Waals surface area contributed by atoms with Crippen LogP contribution in [0.5, 0.6) is 0 Å². The van der Waals surface area contributed by atoms with Crippen LogP contribution in [0.15, 0.2) is 42.5 Å². The summed E-state index contributed by atoms with van der Waals surface area (Å²) in [5, 5.41) is 2.39. The average Bonchev–Trinajstić information content (AvgIpc) is 2.47. The van der Waals surface area contributed by atoms with Gasteiger partial charge in [0.1, 0.15) is 0 Å². The fourth-order valence-electron chi connectivity index (χ4n) is 2.43. The molecular weight excluding hydrogens is 250 g/mol. The van der Waals surface area contributed by atoms with Crippen molar-refractivity contribution >= 4 is 16.7 Å². The minimum Gasteiger partial charge on any atom is -0.466 e. The fourth-order valence-corrected chi connectivity index (χ4v) is 2.43. The van der Waals surface area contributed by atoms with Crippen LogP contribution in [-0.4, -0.2) is 12.6 Å². The topological polar surface area (TPSA) is 52.3 Å². The summed E-state index contributed by atoms with van der Waals surface area (Å²) in [6.07, 6.45) is 1.97. The molecule has 0 spiro atoms. The SMILES string of the molecule is CCOC(=O)CCCC(N)c1cccc2ccccc12. The van der Waals surface area contributed by atoms with Gasteiger partial charge in [-0.25, -0.2) is 0 Å². The van der Waals surface area contributed by atoms with Gasteiger partial charge in [-0.05, 0) is 36.1 Å². The predicted octanol–water partition coefficient (Wildman–Crippen LogP) is 3.57. The van der Waals surface area contributed by atoms with E-state index < -0.39 is 0 Å². The molecule has 20 heavy (non-hydrogen) atoms. The number of benzene rings is 2. The third-order valence-corrected chi connectivity index (χ3v) is 3.42. The lowest BCUT2D eigenvalue weighted by molar-refractivity contribution is -0.143. The van der Waals surface area contributed by atoms with Crippen molar-refractivity contribution in [3.63, 3.8) is 0 Å². The van der Waals surface area contributed by atoms with Gasteiger partial charge >= 0.3 is 5.97 Å². The maximum absolute atomic E-state index is 11.3. The van der Waals surface area contributed by atoms with Crippen LogP contribution in [0.2, 0.25) is 0 Å². The molecule has 0 aliphatic heterocycles. The van der Waals surface area contributed by atoms with Gasteiger partial charge < -0.3 is 10.5 Å². The van der Waals surface area contributed by atoms with E-state index in [1.807, 2.05) is 25.1 Å². The van der Waals surface area contributed by atoms with Crippen LogP contribution in [0.1, 0.15) is 37.8 Å².